The van der Waals surface area contributed by atoms with Crippen molar-refractivity contribution in [3.63, 3.8) is 0 Å². The predicted octanol–water partition coefficient (Wildman–Crippen LogP) is 1.27. The summed E-state index contributed by atoms with van der Waals surface area (Å²) in [6, 6.07) is 5.46. The van der Waals surface area contributed by atoms with E-state index in [1.54, 1.807) is 0 Å². The van der Waals surface area contributed by atoms with Gasteiger partial charge in [0.1, 0.15) is 10.6 Å². The van der Waals surface area contributed by atoms with E-state index in [4.69, 9.17) is 0 Å². The van der Waals surface area contributed by atoms with Gasteiger partial charge in [0.15, 0.2) is 0 Å². The fraction of sp³-hybridized carbons (Fsp3) is 0.500. The van der Waals surface area contributed by atoms with E-state index in [1.165, 1.54) is 28.6 Å². The number of hydrogen-bond acceptors (Lipinski definition) is 4. The molecule has 0 spiro atoms. The Morgan fingerprint density at radius 3 is 2.75 bits per heavy atom. The highest BCUT2D eigenvalue weighted by Crippen LogP contribution is 2.28. The minimum atomic E-state index is -3.84. The van der Waals surface area contributed by atoms with Crippen LogP contribution < -0.4 is 10.1 Å². The number of halogens is 2. The molecule has 1 saturated heterocycles. The quantitative estimate of drug-likeness (QED) is 0.910. The van der Waals surface area contributed by atoms with Crippen molar-refractivity contribution in [3.8, 4) is 5.75 Å². The maximum absolute atomic E-state index is 12.5. The molecule has 0 aliphatic carbocycles. The van der Waals surface area contributed by atoms with E-state index < -0.39 is 16.6 Å². The van der Waals surface area contributed by atoms with Gasteiger partial charge < -0.3 is 10.1 Å². The molecule has 5 nitrogen and oxygen atoms in total. The van der Waals surface area contributed by atoms with Crippen LogP contribution in [-0.2, 0) is 10.0 Å². The Bertz CT molecular complexity index is 566. The molecule has 1 aliphatic heterocycles. The fourth-order valence-corrected chi connectivity index (χ4v) is 3.76. The number of benzene rings is 1. The first-order valence-corrected chi connectivity index (χ1v) is 7.62. The molecule has 0 radical (unpaired) electrons. The number of nitrogens with zero attached hydrogens (tertiary/aromatic N) is 1. The van der Waals surface area contributed by atoms with E-state index in [2.05, 4.69) is 10.1 Å². The van der Waals surface area contributed by atoms with E-state index >= 15 is 0 Å². The predicted molar refractivity (Wildman–Crippen MR) is 69.3 cm³/mol. The van der Waals surface area contributed by atoms with E-state index in [0.717, 1.165) is 0 Å². The lowest BCUT2D eigenvalue weighted by Gasteiger charge is -2.31. The van der Waals surface area contributed by atoms with Crippen molar-refractivity contribution in [1.29, 1.82) is 0 Å². The number of ether oxygens (including phenoxy) is 1. The van der Waals surface area contributed by atoms with Crippen LogP contribution in [0.2, 0.25) is 0 Å². The highest BCUT2D eigenvalue weighted by Gasteiger charge is 2.31. The SMILES string of the molecule is CC1CN(S(=O)(=O)c2ccccc2OC(F)F)CCN1. The molecule has 1 heterocycles. The maximum atomic E-state index is 12.5. The molecular formula is C12H16F2N2O3S. The molecule has 20 heavy (non-hydrogen) atoms. The van der Waals surface area contributed by atoms with Crippen molar-refractivity contribution in [3.05, 3.63) is 24.3 Å². The smallest absolute Gasteiger partial charge is 0.387 e. The lowest BCUT2D eigenvalue weighted by Crippen LogP contribution is -2.51. The van der Waals surface area contributed by atoms with Crippen molar-refractivity contribution < 1.29 is 21.9 Å². The van der Waals surface area contributed by atoms with Gasteiger partial charge in [0.2, 0.25) is 10.0 Å². The third-order valence-electron chi connectivity index (χ3n) is 3.01. The molecule has 1 N–H and O–H groups in total. The molecular weight excluding hydrogens is 290 g/mol. The number of alkyl halides is 2. The van der Waals surface area contributed by atoms with Gasteiger partial charge in [-0.1, -0.05) is 12.1 Å². The van der Waals surface area contributed by atoms with Crippen LogP contribution in [0.4, 0.5) is 8.78 Å². The summed E-state index contributed by atoms with van der Waals surface area (Å²) < 4.78 is 55.3. The van der Waals surface area contributed by atoms with Crippen LogP contribution in [0.1, 0.15) is 6.92 Å². The van der Waals surface area contributed by atoms with Crippen LogP contribution in [0.15, 0.2) is 29.2 Å². The normalized spacial score (nSPS) is 21.1. The second-order valence-corrected chi connectivity index (χ2v) is 6.45. The largest absolute Gasteiger partial charge is 0.433 e. The summed E-state index contributed by atoms with van der Waals surface area (Å²) in [5.74, 6) is -0.325. The molecule has 0 bridgehead atoms. The Hall–Kier alpha value is -1.25. The van der Waals surface area contributed by atoms with E-state index in [9.17, 15) is 17.2 Å². The molecule has 0 aromatic heterocycles. The highest BCUT2D eigenvalue weighted by molar-refractivity contribution is 7.89. The number of sulfonamides is 1. The number of hydrogen-bond donors (Lipinski definition) is 1. The summed E-state index contributed by atoms with van der Waals surface area (Å²) in [7, 11) is -3.84. The minimum absolute atomic E-state index is 0.0155. The van der Waals surface area contributed by atoms with Crippen LogP contribution in [0.5, 0.6) is 5.75 Å². The number of rotatable bonds is 4. The third kappa shape index (κ3) is 3.25. The Labute approximate surface area is 116 Å². The monoisotopic (exact) mass is 306 g/mol. The summed E-state index contributed by atoms with van der Waals surface area (Å²) >= 11 is 0. The third-order valence-corrected chi connectivity index (χ3v) is 4.92. The summed E-state index contributed by atoms with van der Waals surface area (Å²) in [4.78, 5) is -0.227. The molecule has 8 heteroatoms. The van der Waals surface area contributed by atoms with Crippen LogP contribution in [0, 0.1) is 0 Å². The fourth-order valence-electron chi connectivity index (χ4n) is 2.11. The molecule has 0 amide bonds. The second-order valence-electron chi connectivity index (χ2n) is 4.54. The molecule has 2 rings (SSSR count). The van der Waals surface area contributed by atoms with Gasteiger partial charge >= 0.3 is 6.61 Å². The first-order chi connectivity index (χ1) is 9.41. The van der Waals surface area contributed by atoms with Gasteiger partial charge in [0, 0.05) is 25.7 Å². The van der Waals surface area contributed by atoms with Crippen molar-refractivity contribution in [2.75, 3.05) is 19.6 Å². The minimum Gasteiger partial charge on any atom is -0.433 e. The second kappa shape index (κ2) is 6.02. The number of piperazine rings is 1. The van der Waals surface area contributed by atoms with Crippen molar-refractivity contribution >= 4 is 10.0 Å². The van der Waals surface area contributed by atoms with Crippen LogP contribution >= 0.6 is 0 Å². The van der Waals surface area contributed by atoms with Crippen molar-refractivity contribution in [1.82, 2.24) is 9.62 Å². The topological polar surface area (TPSA) is 58.6 Å². The lowest BCUT2D eigenvalue weighted by molar-refractivity contribution is -0.0518. The molecule has 1 unspecified atom stereocenters. The molecule has 1 atom stereocenters. The maximum Gasteiger partial charge on any atom is 0.387 e. The van der Waals surface area contributed by atoms with Gasteiger partial charge in [-0.05, 0) is 19.1 Å². The first kappa shape index (κ1) is 15.1. The van der Waals surface area contributed by atoms with Crippen LogP contribution in [-0.4, -0.2) is 45.0 Å². The van der Waals surface area contributed by atoms with Gasteiger partial charge in [-0.3, -0.25) is 0 Å². The lowest BCUT2D eigenvalue weighted by atomic mass is 10.3. The van der Waals surface area contributed by atoms with Crippen molar-refractivity contribution in [2.45, 2.75) is 24.5 Å². The number of para-hydroxylation sites is 1. The molecule has 1 aromatic carbocycles. The van der Waals surface area contributed by atoms with Gasteiger partial charge in [-0.25, -0.2) is 8.42 Å². The number of nitrogens with one attached hydrogen (secondary N) is 1. The average molecular weight is 306 g/mol. The standard InChI is InChI=1S/C12H16F2N2O3S/c1-9-8-16(7-6-15-9)20(17,18)11-5-3-2-4-10(11)19-12(13)14/h2-5,9,12,15H,6-8H2,1H3. The van der Waals surface area contributed by atoms with Crippen molar-refractivity contribution in [2.24, 2.45) is 0 Å². The molecule has 0 saturated carbocycles. The molecule has 112 valence electrons. The summed E-state index contributed by atoms with van der Waals surface area (Å²) in [6.45, 7) is -0.0731. The van der Waals surface area contributed by atoms with Crippen LogP contribution in [0.3, 0.4) is 0 Å². The molecule has 1 fully saturated rings. The van der Waals surface area contributed by atoms with Gasteiger partial charge in [0.25, 0.3) is 0 Å². The van der Waals surface area contributed by atoms with Crippen LogP contribution in [0.25, 0.3) is 0 Å². The van der Waals surface area contributed by atoms with Gasteiger partial charge in [-0.15, -0.1) is 0 Å². The zero-order valence-corrected chi connectivity index (χ0v) is 11.7. The summed E-state index contributed by atoms with van der Waals surface area (Å²) in [6.07, 6.45) is 0. The van der Waals surface area contributed by atoms with E-state index in [0.29, 0.717) is 19.6 Å². The Kier molecular flexibility index (Phi) is 4.56. The van der Waals surface area contributed by atoms with E-state index in [-0.39, 0.29) is 16.7 Å². The first-order valence-electron chi connectivity index (χ1n) is 6.18. The zero-order chi connectivity index (χ0) is 14.8. The van der Waals surface area contributed by atoms with Gasteiger partial charge in [0.05, 0.1) is 0 Å². The summed E-state index contributed by atoms with van der Waals surface area (Å²) in [5, 5.41) is 3.12. The van der Waals surface area contributed by atoms with Gasteiger partial charge in [-0.2, -0.15) is 13.1 Å². The molecule has 1 aromatic rings. The Morgan fingerprint density at radius 2 is 2.10 bits per heavy atom. The zero-order valence-electron chi connectivity index (χ0n) is 10.9. The summed E-state index contributed by atoms with van der Waals surface area (Å²) in [5.41, 5.74) is 0. The Balaban J connectivity index is 2.34. The average Bonchev–Trinajstić information content (AvgIpc) is 2.38. The Morgan fingerprint density at radius 1 is 1.40 bits per heavy atom. The molecule has 1 aliphatic rings. The highest BCUT2D eigenvalue weighted by atomic mass is 32.2. The van der Waals surface area contributed by atoms with E-state index in [1.807, 2.05) is 6.92 Å².